The Morgan fingerprint density at radius 3 is 2.78 bits per heavy atom. The van der Waals surface area contributed by atoms with Crippen LogP contribution in [0.15, 0.2) is 34.9 Å². The Balaban J connectivity index is 0.00000192. The van der Waals surface area contributed by atoms with E-state index in [9.17, 15) is 0 Å². The highest BCUT2D eigenvalue weighted by atomic mass is 35.5. The molecular formula is C18H26ClN3O. The second-order valence-corrected chi connectivity index (χ2v) is 6.21. The summed E-state index contributed by atoms with van der Waals surface area (Å²) in [5, 5.41) is 0. The molecule has 1 unspecified atom stereocenters. The summed E-state index contributed by atoms with van der Waals surface area (Å²) in [4.78, 5) is 7.17. The molecule has 2 heterocycles. The van der Waals surface area contributed by atoms with E-state index in [1.54, 1.807) is 6.26 Å². The van der Waals surface area contributed by atoms with Crippen molar-refractivity contribution in [3.63, 3.8) is 0 Å². The zero-order chi connectivity index (χ0) is 15.4. The van der Waals surface area contributed by atoms with Crippen molar-refractivity contribution in [3.8, 4) is 11.5 Å². The molecule has 1 saturated heterocycles. The number of nitrogens with zero attached hydrogens (tertiary/aromatic N) is 2. The van der Waals surface area contributed by atoms with E-state index in [1.807, 2.05) is 0 Å². The van der Waals surface area contributed by atoms with Crippen LogP contribution in [0.3, 0.4) is 0 Å². The lowest BCUT2D eigenvalue weighted by atomic mass is 9.99. The van der Waals surface area contributed by atoms with Crippen molar-refractivity contribution in [1.82, 2.24) is 9.88 Å². The van der Waals surface area contributed by atoms with Crippen LogP contribution in [-0.2, 0) is 6.54 Å². The number of oxazole rings is 1. The van der Waals surface area contributed by atoms with Gasteiger partial charge in [0.05, 0.1) is 5.69 Å². The summed E-state index contributed by atoms with van der Waals surface area (Å²) < 4.78 is 5.66. The molecule has 1 aliphatic rings. The Morgan fingerprint density at radius 2 is 2.04 bits per heavy atom. The first-order valence-corrected chi connectivity index (χ1v) is 8.22. The summed E-state index contributed by atoms with van der Waals surface area (Å²) in [7, 11) is 0. The van der Waals surface area contributed by atoms with Gasteiger partial charge in [0.25, 0.3) is 0 Å². The molecule has 2 aromatic rings. The van der Waals surface area contributed by atoms with Gasteiger partial charge in [-0.1, -0.05) is 24.1 Å². The van der Waals surface area contributed by atoms with Crippen molar-refractivity contribution in [2.24, 2.45) is 5.73 Å². The molecule has 1 aliphatic heterocycles. The first kappa shape index (κ1) is 18.0. The highest BCUT2D eigenvalue weighted by molar-refractivity contribution is 5.85. The summed E-state index contributed by atoms with van der Waals surface area (Å²) in [5.74, 6) is 0.711. The van der Waals surface area contributed by atoms with Crippen molar-refractivity contribution in [2.45, 2.75) is 45.2 Å². The predicted molar refractivity (Wildman–Crippen MR) is 95.6 cm³/mol. The van der Waals surface area contributed by atoms with Gasteiger partial charge in [0.1, 0.15) is 6.26 Å². The summed E-state index contributed by atoms with van der Waals surface area (Å²) in [5.41, 5.74) is 9.04. The lowest BCUT2D eigenvalue weighted by Gasteiger charge is -2.35. The second-order valence-electron chi connectivity index (χ2n) is 6.21. The normalized spacial score (nSPS) is 18.6. The Bertz CT molecular complexity index is 595. The van der Waals surface area contributed by atoms with Crippen molar-refractivity contribution >= 4 is 12.4 Å². The Labute approximate surface area is 144 Å². The first-order chi connectivity index (χ1) is 10.8. The lowest BCUT2D eigenvalue weighted by molar-refractivity contribution is 0.132. The predicted octanol–water partition coefficient (Wildman–Crippen LogP) is 3.78. The van der Waals surface area contributed by atoms with Gasteiger partial charge < -0.3 is 10.2 Å². The quantitative estimate of drug-likeness (QED) is 0.903. The van der Waals surface area contributed by atoms with E-state index in [2.05, 4.69) is 41.1 Å². The Hall–Kier alpha value is -1.36. The van der Waals surface area contributed by atoms with E-state index in [1.165, 1.54) is 24.8 Å². The summed E-state index contributed by atoms with van der Waals surface area (Å²) >= 11 is 0. The van der Waals surface area contributed by atoms with Crippen molar-refractivity contribution in [3.05, 3.63) is 41.8 Å². The molecule has 0 saturated carbocycles. The van der Waals surface area contributed by atoms with Gasteiger partial charge >= 0.3 is 0 Å². The summed E-state index contributed by atoms with van der Waals surface area (Å²) in [6.07, 6.45) is 6.70. The standard InChI is InChI=1S/C18H25N3O.ClH/c1-14-5-7-15(8-6-14)18-20-16(13-22-18)12-21-11-3-2-4-17(21)9-10-19;/h5-8,13,17H,2-4,9-12,19H2,1H3;1H. The molecule has 0 bridgehead atoms. The molecule has 2 N–H and O–H groups in total. The average Bonchev–Trinajstić information content (AvgIpc) is 2.99. The monoisotopic (exact) mass is 335 g/mol. The van der Waals surface area contributed by atoms with E-state index >= 15 is 0 Å². The van der Waals surface area contributed by atoms with Crippen LogP contribution in [0.4, 0.5) is 0 Å². The van der Waals surface area contributed by atoms with Gasteiger partial charge in [0.15, 0.2) is 0 Å². The van der Waals surface area contributed by atoms with Crippen LogP contribution in [0, 0.1) is 6.92 Å². The van der Waals surface area contributed by atoms with Crippen molar-refractivity contribution < 1.29 is 4.42 Å². The molecule has 1 aromatic carbocycles. The average molecular weight is 336 g/mol. The maximum absolute atomic E-state index is 5.75. The molecule has 4 nitrogen and oxygen atoms in total. The van der Waals surface area contributed by atoms with Gasteiger partial charge in [-0.05, 0) is 51.4 Å². The number of piperidine rings is 1. The summed E-state index contributed by atoms with van der Waals surface area (Å²) in [6, 6.07) is 8.88. The van der Waals surface area contributed by atoms with Gasteiger partial charge in [-0.3, -0.25) is 4.90 Å². The van der Waals surface area contributed by atoms with Crippen LogP contribution in [0.5, 0.6) is 0 Å². The zero-order valence-corrected chi connectivity index (χ0v) is 14.5. The number of rotatable bonds is 5. The molecule has 0 spiro atoms. The Morgan fingerprint density at radius 1 is 1.26 bits per heavy atom. The van der Waals surface area contributed by atoms with Crippen LogP contribution < -0.4 is 5.73 Å². The third-order valence-electron chi connectivity index (χ3n) is 4.46. The minimum absolute atomic E-state index is 0. The van der Waals surface area contributed by atoms with Gasteiger partial charge in [-0.15, -0.1) is 12.4 Å². The fourth-order valence-electron chi connectivity index (χ4n) is 3.20. The molecule has 1 fully saturated rings. The molecule has 0 aliphatic carbocycles. The molecule has 0 radical (unpaired) electrons. The van der Waals surface area contributed by atoms with Gasteiger partial charge in [-0.2, -0.15) is 0 Å². The molecular weight excluding hydrogens is 310 g/mol. The Kier molecular flexibility index (Phi) is 6.63. The minimum Gasteiger partial charge on any atom is -0.444 e. The summed E-state index contributed by atoms with van der Waals surface area (Å²) in [6.45, 7) is 4.84. The number of halogens is 1. The third-order valence-corrected chi connectivity index (χ3v) is 4.46. The van der Waals surface area contributed by atoms with E-state index in [-0.39, 0.29) is 12.4 Å². The van der Waals surface area contributed by atoms with E-state index in [4.69, 9.17) is 10.2 Å². The van der Waals surface area contributed by atoms with Crippen LogP contribution >= 0.6 is 12.4 Å². The molecule has 126 valence electrons. The van der Waals surface area contributed by atoms with Crippen LogP contribution in [0.1, 0.15) is 36.9 Å². The molecule has 0 amide bonds. The number of aromatic nitrogens is 1. The van der Waals surface area contributed by atoms with E-state index < -0.39 is 0 Å². The highest BCUT2D eigenvalue weighted by Crippen LogP contribution is 2.23. The zero-order valence-electron chi connectivity index (χ0n) is 13.7. The topological polar surface area (TPSA) is 55.3 Å². The number of likely N-dealkylation sites (tertiary alicyclic amines) is 1. The van der Waals surface area contributed by atoms with E-state index in [0.717, 1.165) is 37.3 Å². The maximum Gasteiger partial charge on any atom is 0.226 e. The third kappa shape index (κ3) is 4.56. The van der Waals surface area contributed by atoms with Crippen molar-refractivity contribution in [2.75, 3.05) is 13.1 Å². The highest BCUT2D eigenvalue weighted by Gasteiger charge is 2.22. The lowest BCUT2D eigenvalue weighted by Crippen LogP contribution is -2.40. The fraction of sp³-hybridized carbons (Fsp3) is 0.500. The second kappa shape index (κ2) is 8.48. The van der Waals surface area contributed by atoms with Crippen LogP contribution in [-0.4, -0.2) is 29.0 Å². The molecule has 3 rings (SSSR count). The smallest absolute Gasteiger partial charge is 0.226 e. The molecule has 5 heteroatoms. The van der Waals surface area contributed by atoms with E-state index in [0.29, 0.717) is 11.9 Å². The van der Waals surface area contributed by atoms with Gasteiger partial charge in [0, 0.05) is 18.2 Å². The van der Waals surface area contributed by atoms with Crippen LogP contribution in [0.2, 0.25) is 0 Å². The van der Waals surface area contributed by atoms with Gasteiger partial charge in [0.2, 0.25) is 5.89 Å². The van der Waals surface area contributed by atoms with Gasteiger partial charge in [-0.25, -0.2) is 4.98 Å². The molecule has 1 atom stereocenters. The number of hydrogen-bond acceptors (Lipinski definition) is 4. The maximum atomic E-state index is 5.75. The number of hydrogen-bond donors (Lipinski definition) is 1. The number of aryl methyl sites for hydroxylation is 1. The molecule has 1 aromatic heterocycles. The number of benzene rings is 1. The first-order valence-electron chi connectivity index (χ1n) is 8.22. The fourth-order valence-corrected chi connectivity index (χ4v) is 3.20. The minimum atomic E-state index is 0. The number of nitrogens with two attached hydrogens (primary N) is 1. The van der Waals surface area contributed by atoms with Crippen molar-refractivity contribution in [1.29, 1.82) is 0 Å². The molecule has 23 heavy (non-hydrogen) atoms. The van der Waals surface area contributed by atoms with Crippen LogP contribution in [0.25, 0.3) is 11.5 Å². The largest absolute Gasteiger partial charge is 0.444 e. The SMILES string of the molecule is Cc1ccc(-c2nc(CN3CCCCC3CCN)co2)cc1.Cl.